The second-order valence-electron chi connectivity index (χ2n) is 4.09. The molecule has 2 rings (SSSR count). The van der Waals surface area contributed by atoms with E-state index in [0.29, 0.717) is 12.6 Å². The fourth-order valence-corrected chi connectivity index (χ4v) is 1.85. The number of hydrogen-bond acceptors (Lipinski definition) is 4. The molecule has 1 atom stereocenters. The van der Waals surface area contributed by atoms with E-state index in [1.165, 1.54) is 0 Å². The average Bonchev–Trinajstić information content (AvgIpc) is 2.87. The van der Waals surface area contributed by atoms with Crippen molar-refractivity contribution in [2.24, 2.45) is 7.05 Å². The molecule has 2 heterocycles. The molecule has 1 aromatic rings. The van der Waals surface area contributed by atoms with Crippen LogP contribution in [0.2, 0.25) is 0 Å². The molecule has 0 aliphatic carbocycles. The summed E-state index contributed by atoms with van der Waals surface area (Å²) in [7, 11) is 3.66. The van der Waals surface area contributed by atoms with Crippen molar-refractivity contribution in [3.05, 3.63) is 11.8 Å². The maximum absolute atomic E-state index is 5.33. The predicted molar refractivity (Wildman–Crippen MR) is 61.6 cm³/mol. The Bertz CT molecular complexity index is 332. The van der Waals surface area contributed by atoms with Gasteiger partial charge in [0.1, 0.15) is 5.82 Å². The van der Waals surface area contributed by atoms with Crippen LogP contribution < -0.4 is 5.32 Å². The number of nitrogens with one attached hydrogen (secondary N) is 1. The Morgan fingerprint density at radius 3 is 3.25 bits per heavy atom. The van der Waals surface area contributed by atoms with Gasteiger partial charge in [0, 0.05) is 33.3 Å². The van der Waals surface area contributed by atoms with Gasteiger partial charge in [-0.2, -0.15) is 5.10 Å². The van der Waals surface area contributed by atoms with Gasteiger partial charge in [-0.1, -0.05) is 0 Å². The molecule has 0 bridgehead atoms. The first-order valence-electron chi connectivity index (χ1n) is 5.65. The lowest BCUT2D eigenvalue weighted by atomic mass is 10.2. The quantitative estimate of drug-likeness (QED) is 0.805. The molecule has 5 heteroatoms. The number of anilines is 1. The topological polar surface area (TPSA) is 48.3 Å². The Morgan fingerprint density at radius 1 is 1.69 bits per heavy atom. The maximum Gasteiger partial charge on any atom is 0.124 e. The van der Waals surface area contributed by atoms with Gasteiger partial charge in [-0.15, -0.1) is 0 Å². The monoisotopic (exact) mass is 225 g/mol. The minimum absolute atomic E-state index is 0.422. The minimum Gasteiger partial charge on any atom is -0.384 e. The second-order valence-corrected chi connectivity index (χ2v) is 4.09. The minimum atomic E-state index is 0.422. The van der Waals surface area contributed by atoms with Gasteiger partial charge in [0.2, 0.25) is 0 Å². The van der Waals surface area contributed by atoms with Crippen LogP contribution in [0, 0.1) is 0 Å². The largest absolute Gasteiger partial charge is 0.384 e. The van der Waals surface area contributed by atoms with Gasteiger partial charge in [0.05, 0.1) is 24.9 Å². The molecular formula is C11H19N3O2. The first-order valence-corrected chi connectivity index (χ1v) is 5.65. The van der Waals surface area contributed by atoms with Gasteiger partial charge in [0.25, 0.3) is 0 Å². The van der Waals surface area contributed by atoms with Crippen molar-refractivity contribution in [3.63, 3.8) is 0 Å². The van der Waals surface area contributed by atoms with Crippen LogP contribution in [0.25, 0.3) is 0 Å². The summed E-state index contributed by atoms with van der Waals surface area (Å²) < 4.78 is 12.2. The van der Waals surface area contributed by atoms with Crippen LogP contribution in [-0.2, 0) is 22.9 Å². The summed E-state index contributed by atoms with van der Waals surface area (Å²) in [6, 6.07) is 2.50. The van der Waals surface area contributed by atoms with Crippen molar-refractivity contribution in [1.82, 2.24) is 9.78 Å². The molecule has 1 aromatic heterocycles. The lowest BCUT2D eigenvalue weighted by molar-refractivity contribution is 0.195. The van der Waals surface area contributed by atoms with Gasteiger partial charge in [-0.25, -0.2) is 0 Å². The van der Waals surface area contributed by atoms with Crippen LogP contribution in [-0.4, -0.2) is 42.8 Å². The number of ether oxygens (including phenoxy) is 2. The Kier molecular flexibility index (Phi) is 3.79. The van der Waals surface area contributed by atoms with Crippen molar-refractivity contribution < 1.29 is 9.47 Å². The Morgan fingerprint density at radius 2 is 2.56 bits per heavy atom. The van der Waals surface area contributed by atoms with Crippen LogP contribution in [0.3, 0.4) is 0 Å². The van der Waals surface area contributed by atoms with E-state index >= 15 is 0 Å². The van der Waals surface area contributed by atoms with Gasteiger partial charge < -0.3 is 14.8 Å². The van der Waals surface area contributed by atoms with Crippen LogP contribution >= 0.6 is 0 Å². The van der Waals surface area contributed by atoms with Crippen molar-refractivity contribution in [1.29, 1.82) is 0 Å². The van der Waals surface area contributed by atoms with Crippen LogP contribution in [0.1, 0.15) is 12.1 Å². The zero-order chi connectivity index (χ0) is 11.4. The molecule has 1 saturated heterocycles. The van der Waals surface area contributed by atoms with Gasteiger partial charge in [0.15, 0.2) is 0 Å². The summed E-state index contributed by atoms with van der Waals surface area (Å²) in [5, 5.41) is 7.86. The van der Waals surface area contributed by atoms with E-state index in [9.17, 15) is 0 Å². The Labute approximate surface area is 95.7 Å². The summed E-state index contributed by atoms with van der Waals surface area (Å²) >= 11 is 0. The molecule has 1 aliphatic rings. The number of aromatic nitrogens is 2. The van der Waals surface area contributed by atoms with E-state index < -0.39 is 0 Å². The van der Waals surface area contributed by atoms with E-state index in [-0.39, 0.29) is 0 Å². The third kappa shape index (κ3) is 2.74. The number of nitrogens with zero attached hydrogens (tertiary/aromatic N) is 2. The van der Waals surface area contributed by atoms with Crippen molar-refractivity contribution >= 4 is 5.82 Å². The number of rotatable bonds is 5. The lowest BCUT2D eigenvalue weighted by Gasteiger charge is -2.11. The van der Waals surface area contributed by atoms with Crippen LogP contribution in [0.15, 0.2) is 6.07 Å². The van der Waals surface area contributed by atoms with Crippen molar-refractivity contribution in [3.8, 4) is 0 Å². The molecule has 0 spiro atoms. The van der Waals surface area contributed by atoms with E-state index in [1.807, 2.05) is 11.7 Å². The normalized spacial score (nSPS) is 20.2. The van der Waals surface area contributed by atoms with Crippen LogP contribution in [0.5, 0.6) is 0 Å². The molecule has 1 fully saturated rings. The molecule has 90 valence electrons. The zero-order valence-electron chi connectivity index (χ0n) is 9.90. The molecule has 0 radical (unpaired) electrons. The lowest BCUT2D eigenvalue weighted by Crippen LogP contribution is -2.20. The molecular weight excluding hydrogens is 206 g/mol. The standard InChI is InChI=1S/C11H19N3O2/c1-14-11(12-10-4-6-16-8-10)7-9(13-14)3-5-15-2/h7,10,12H,3-6,8H2,1-2H3. The molecule has 0 saturated carbocycles. The Balaban J connectivity index is 1.94. The molecule has 5 nitrogen and oxygen atoms in total. The summed E-state index contributed by atoms with van der Waals surface area (Å²) in [6.07, 6.45) is 1.92. The highest BCUT2D eigenvalue weighted by Gasteiger charge is 2.16. The highest BCUT2D eigenvalue weighted by molar-refractivity contribution is 5.38. The SMILES string of the molecule is COCCc1cc(NC2CCOC2)n(C)n1. The third-order valence-electron chi connectivity index (χ3n) is 2.77. The molecule has 16 heavy (non-hydrogen) atoms. The molecule has 1 unspecified atom stereocenters. The summed E-state index contributed by atoms with van der Waals surface area (Å²) in [5.74, 6) is 1.06. The Hall–Kier alpha value is -1.07. The van der Waals surface area contributed by atoms with Gasteiger partial charge in [-0.3, -0.25) is 4.68 Å². The molecule has 0 aromatic carbocycles. The van der Waals surface area contributed by atoms with E-state index in [2.05, 4.69) is 16.5 Å². The van der Waals surface area contributed by atoms with Crippen LogP contribution in [0.4, 0.5) is 5.82 Å². The predicted octanol–water partition coefficient (Wildman–Crippen LogP) is 0.810. The highest BCUT2D eigenvalue weighted by atomic mass is 16.5. The molecule has 1 aliphatic heterocycles. The second kappa shape index (κ2) is 5.32. The number of aryl methyl sites for hydroxylation is 1. The van der Waals surface area contributed by atoms with E-state index in [1.54, 1.807) is 7.11 Å². The molecule has 0 amide bonds. The highest BCUT2D eigenvalue weighted by Crippen LogP contribution is 2.14. The fraction of sp³-hybridized carbons (Fsp3) is 0.727. The summed E-state index contributed by atoms with van der Waals surface area (Å²) in [5.41, 5.74) is 1.06. The fourth-order valence-electron chi connectivity index (χ4n) is 1.85. The number of methoxy groups -OCH3 is 1. The first kappa shape index (κ1) is 11.4. The summed E-state index contributed by atoms with van der Waals surface area (Å²) in [6.45, 7) is 2.35. The smallest absolute Gasteiger partial charge is 0.124 e. The maximum atomic E-state index is 5.33. The number of hydrogen-bond donors (Lipinski definition) is 1. The van der Waals surface area contributed by atoms with Crippen molar-refractivity contribution in [2.45, 2.75) is 18.9 Å². The average molecular weight is 225 g/mol. The summed E-state index contributed by atoms with van der Waals surface area (Å²) in [4.78, 5) is 0. The van der Waals surface area contributed by atoms with Gasteiger partial charge >= 0.3 is 0 Å². The molecule has 1 N–H and O–H groups in total. The first-order chi connectivity index (χ1) is 7.79. The zero-order valence-corrected chi connectivity index (χ0v) is 9.90. The van der Waals surface area contributed by atoms with Gasteiger partial charge in [-0.05, 0) is 6.42 Å². The van der Waals surface area contributed by atoms with Crippen molar-refractivity contribution in [2.75, 3.05) is 32.2 Å². The van der Waals surface area contributed by atoms with E-state index in [0.717, 1.165) is 37.6 Å². The third-order valence-corrected chi connectivity index (χ3v) is 2.77. The van der Waals surface area contributed by atoms with E-state index in [4.69, 9.17) is 9.47 Å².